The molecule has 0 spiro atoms. The van der Waals surface area contributed by atoms with Gasteiger partial charge in [0.1, 0.15) is 12.4 Å². The topological polar surface area (TPSA) is 24.5 Å². The molecule has 0 bridgehead atoms. The zero-order chi connectivity index (χ0) is 16.2. The first kappa shape index (κ1) is 15.5. The summed E-state index contributed by atoms with van der Waals surface area (Å²) in [6.07, 6.45) is 4.80. The van der Waals surface area contributed by atoms with Gasteiger partial charge in [0.25, 0.3) is 0 Å². The normalized spacial score (nSPS) is 20.0. The number of anilines is 1. The number of ether oxygens (including phenoxy) is 1. The van der Waals surface area contributed by atoms with E-state index in [1.807, 2.05) is 0 Å². The van der Waals surface area contributed by atoms with Gasteiger partial charge < -0.3 is 15.0 Å². The SMILES string of the molecule is c1cc(OC[C@@H]2CCCN2)ccc1Cc1ccc(N2CCC2)cc1. The van der Waals surface area contributed by atoms with E-state index in [2.05, 4.69) is 58.7 Å². The van der Waals surface area contributed by atoms with Crippen molar-refractivity contribution in [2.75, 3.05) is 31.1 Å². The number of benzene rings is 2. The van der Waals surface area contributed by atoms with E-state index in [0.717, 1.165) is 25.3 Å². The van der Waals surface area contributed by atoms with E-state index in [1.165, 1.54) is 49.2 Å². The highest BCUT2D eigenvalue weighted by Crippen LogP contribution is 2.22. The third-order valence-corrected chi connectivity index (χ3v) is 5.10. The maximum absolute atomic E-state index is 5.89. The second kappa shape index (κ2) is 7.27. The zero-order valence-electron chi connectivity index (χ0n) is 14.2. The lowest BCUT2D eigenvalue weighted by atomic mass is 10.0. The molecular formula is C21H26N2O. The predicted octanol–water partition coefficient (Wildman–Crippen LogP) is 3.62. The highest BCUT2D eigenvalue weighted by molar-refractivity contribution is 5.49. The highest BCUT2D eigenvalue weighted by Gasteiger charge is 2.15. The van der Waals surface area contributed by atoms with Crippen LogP contribution in [0.5, 0.6) is 5.75 Å². The molecule has 3 heteroatoms. The molecule has 0 amide bonds. The number of nitrogens with zero attached hydrogens (tertiary/aromatic N) is 1. The number of hydrogen-bond acceptors (Lipinski definition) is 3. The van der Waals surface area contributed by atoms with E-state index >= 15 is 0 Å². The fourth-order valence-electron chi connectivity index (χ4n) is 3.43. The van der Waals surface area contributed by atoms with Crippen LogP contribution >= 0.6 is 0 Å². The summed E-state index contributed by atoms with van der Waals surface area (Å²) in [5.41, 5.74) is 4.05. The average Bonchev–Trinajstić information content (AvgIpc) is 3.08. The standard InChI is InChI=1S/C21H26N2O/c1-3-19(22-12-1)16-24-21-10-6-18(7-11-21)15-17-4-8-20(9-5-17)23-13-2-14-23/h4-11,19,22H,1-3,12-16H2/t19-/m0/s1. The van der Waals surface area contributed by atoms with Gasteiger partial charge in [-0.1, -0.05) is 24.3 Å². The van der Waals surface area contributed by atoms with Crippen LogP contribution in [0.25, 0.3) is 0 Å². The molecule has 2 saturated heterocycles. The summed E-state index contributed by atoms with van der Waals surface area (Å²) >= 11 is 0. The van der Waals surface area contributed by atoms with E-state index in [9.17, 15) is 0 Å². The Hall–Kier alpha value is -2.00. The quantitative estimate of drug-likeness (QED) is 0.879. The van der Waals surface area contributed by atoms with Crippen LogP contribution in [-0.2, 0) is 6.42 Å². The van der Waals surface area contributed by atoms with Crippen LogP contribution in [0.3, 0.4) is 0 Å². The van der Waals surface area contributed by atoms with E-state index in [0.29, 0.717) is 6.04 Å². The number of hydrogen-bond donors (Lipinski definition) is 1. The molecule has 1 atom stereocenters. The molecule has 0 aromatic heterocycles. The zero-order valence-corrected chi connectivity index (χ0v) is 14.2. The van der Waals surface area contributed by atoms with Crippen LogP contribution in [0.4, 0.5) is 5.69 Å². The fourth-order valence-corrected chi connectivity index (χ4v) is 3.43. The third kappa shape index (κ3) is 3.73. The minimum atomic E-state index is 0.523. The maximum Gasteiger partial charge on any atom is 0.119 e. The first-order valence-corrected chi connectivity index (χ1v) is 9.16. The summed E-state index contributed by atoms with van der Waals surface area (Å²) in [6, 6.07) is 18.1. The van der Waals surface area contributed by atoms with Crippen molar-refractivity contribution < 1.29 is 4.74 Å². The van der Waals surface area contributed by atoms with E-state index in [1.54, 1.807) is 0 Å². The summed E-state index contributed by atoms with van der Waals surface area (Å²) in [6.45, 7) is 4.31. The molecule has 4 rings (SSSR count). The van der Waals surface area contributed by atoms with Gasteiger partial charge in [-0.05, 0) is 67.6 Å². The van der Waals surface area contributed by atoms with Crippen LogP contribution in [0, 0.1) is 0 Å². The molecular weight excluding hydrogens is 296 g/mol. The van der Waals surface area contributed by atoms with Crippen LogP contribution in [0.15, 0.2) is 48.5 Å². The predicted molar refractivity (Wildman–Crippen MR) is 99.0 cm³/mol. The van der Waals surface area contributed by atoms with Crippen molar-refractivity contribution in [3.8, 4) is 5.75 Å². The van der Waals surface area contributed by atoms with Gasteiger partial charge in [-0.25, -0.2) is 0 Å². The molecule has 24 heavy (non-hydrogen) atoms. The molecule has 2 aliphatic heterocycles. The van der Waals surface area contributed by atoms with Crippen molar-refractivity contribution in [3.05, 3.63) is 59.7 Å². The molecule has 2 aliphatic rings. The minimum absolute atomic E-state index is 0.523. The second-order valence-electron chi connectivity index (χ2n) is 6.93. The smallest absolute Gasteiger partial charge is 0.119 e. The molecule has 3 nitrogen and oxygen atoms in total. The molecule has 2 aromatic carbocycles. The van der Waals surface area contributed by atoms with Crippen molar-refractivity contribution in [1.29, 1.82) is 0 Å². The Bertz CT molecular complexity index is 641. The van der Waals surface area contributed by atoms with Gasteiger partial charge in [-0.15, -0.1) is 0 Å². The lowest BCUT2D eigenvalue weighted by Crippen LogP contribution is -2.36. The Morgan fingerprint density at radius 1 is 0.917 bits per heavy atom. The molecule has 0 aliphatic carbocycles. The maximum atomic E-state index is 5.89. The first-order chi connectivity index (χ1) is 11.9. The lowest BCUT2D eigenvalue weighted by Gasteiger charge is -2.33. The van der Waals surface area contributed by atoms with Gasteiger partial charge in [-0.2, -0.15) is 0 Å². The molecule has 2 heterocycles. The van der Waals surface area contributed by atoms with E-state index in [-0.39, 0.29) is 0 Å². The largest absolute Gasteiger partial charge is 0.492 e. The van der Waals surface area contributed by atoms with Gasteiger partial charge in [0, 0.05) is 24.8 Å². The van der Waals surface area contributed by atoms with Gasteiger partial charge in [0.05, 0.1) is 0 Å². The van der Waals surface area contributed by atoms with Crippen molar-refractivity contribution in [2.45, 2.75) is 31.7 Å². The first-order valence-electron chi connectivity index (χ1n) is 9.16. The van der Waals surface area contributed by atoms with Crippen molar-refractivity contribution in [2.24, 2.45) is 0 Å². The summed E-state index contributed by atoms with van der Waals surface area (Å²) in [7, 11) is 0. The van der Waals surface area contributed by atoms with Gasteiger partial charge in [-0.3, -0.25) is 0 Å². The van der Waals surface area contributed by atoms with Gasteiger partial charge in [0.15, 0.2) is 0 Å². The fraction of sp³-hybridized carbons (Fsp3) is 0.429. The summed E-state index contributed by atoms with van der Waals surface area (Å²) in [5, 5.41) is 3.46. The third-order valence-electron chi connectivity index (χ3n) is 5.10. The van der Waals surface area contributed by atoms with Crippen LogP contribution < -0.4 is 15.0 Å². The Morgan fingerprint density at radius 2 is 1.62 bits per heavy atom. The monoisotopic (exact) mass is 322 g/mol. The molecule has 2 aromatic rings. The molecule has 0 saturated carbocycles. The number of rotatable bonds is 6. The number of nitrogens with one attached hydrogen (secondary N) is 1. The Labute approximate surface area is 144 Å². The van der Waals surface area contributed by atoms with E-state index < -0.39 is 0 Å². The summed E-state index contributed by atoms with van der Waals surface area (Å²) in [5.74, 6) is 0.973. The van der Waals surface area contributed by atoms with E-state index in [4.69, 9.17) is 4.74 Å². The second-order valence-corrected chi connectivity index (χ2v) is 6.93. The van der Waals surface area contributed by atoms with Crippen molar-refractivity contribution in [1.82, 2.24) is 5.32 Å². The van der Waals surface area contributed by atoms with Gasteiger partial charge in [0.2, 0.25) is 0 Å². The average molecular weight is 322 g/mol. The molecule has 126 valence electrons. The molecule has 0 radical (unpaired) electrons. The molecule has 1 N–H and O–H groups in total. The lowest BCUT2D eigenvalue weighted by molar-refractivity contribution is 0.277. The minimum Gasteiger partial charge on any atom is -0.492 e. The Balaban J connectivity index is 1.31. The molecule has 2 fully saturated rings. The van der Waals surface area contributed by atoms with Crippen LogP contribution in [-0.4, -0.2) is 32.3 Å². The Morgan fingerprint density at radius 3 is 2.21 bits per heavy atom. The molecule has 0 unspecified atom stereocenters. The van der Waals surface area contributed by atoms with Crippen LogP contribution in [0.1, 0.15) is 30.4 Å². The highest BCUT2D eigenvalue weighted by atomic mass is 16.5. The van der Waals surface area contributed by atoms with Crippen LogP contribution in [0.2, 0.25) is 0 Å². The Kier molecular flexibility index (Phi) is 4.70. The van der Waals surface area contributed by atoms with Crippen molar-refractivity contribution in [3.63, 3.8) is 0 Å². The van der Waals surface area contributed by atoms with Gasteiger partial charge >= 0.3 is 0 Å². The summed E-state index contributed by atoms with van der Waals surface area (Å²) < 4.78 is 5.89. The summed E-state index contributed by atoms with van der Waals surface area (Å²) in [4.78, 5) is 2.43. The van der Waals surface area contributed by atoms with Crippen molar-refractivity contribution >= 4 is 5.69 Å².